The van der Waals surface area contributed by atoms with Crippen molar-refractivity contribution in [3.63, 3.8) is 0 Å². The molecule has 0 radical (unpaired) electrons. The number of amides is 3. The summed E-state index contributed by atoms with van der Waals surface area (Å²) in [6.07, 6.45) is 3.59. The molecule has 208 valence electrons. The Morgan fingerprint density at radius 2 is 1.65 bits per heavy atom. The fourth-order valence-electron chi connectivity index (χ4n) is 4.65. The van der Waals surface area contributed by atoms with Crippen LogP contribution in [0, 0.1) is 11.8 Å². The van der Waals surface area contributed by atoms with Crippen molar-refractivity contribution in [3.05, 3.63) is 35.4 Å². The maximum Gasteiger partial charge on any atom is 0.408 e. The van der Waals surface area contributed by atoms with Crippen LogP contribution in [0.5, 0.6) is 0 Å². The van der Waals surface area contributed by atoms with Gasteiger partial charge >= 0.3 is 6.09 Å². The normalized spacial score (nSPS) is 20.2. The highest BCUT2D eigenvalue weighted by atomic mass is 16.6. The van der Waals surface area contributed by atoms with E-state index in [-0.39, 0.29) is 35.7 Å². The standard InChI is InChI=1S/C30H49N3O4/c1-10-13-21(6)31-27(34)26(23-16-14-22(12-3)15-17-23)33(24-18-20(24)5)28(35)25(19(4)11-2)32-29(36)37-30(7,8)9/h14-17,19-21,24-26H,10-13,18H2,1-9H3,(H,31,34)(H,32,36). The highest BCUT2D eigenvalue weighted by Crippen LogP contribution is 2.41. The first-order chi connectivity index (χ1) is 17.3. The molecule has 1 aromatic carbocycles. The molecule has 2 N–H and O–H groups in total. The van der Waals surface area contributed by atoms with Crippen LogP contribution >= 0.6 is 0 Å². The monoisotopic (exact) mass is 515 g/mol. The van der Waals surface area contributed by atoms with Crippen LogP contribution < -0.4 is 10.6 Å². The van der Waals surface area contributed by atoms with Gasteiger partial charge in [0.15, 0.2) is 0 Å². The van der Waals surface area contributed by atoms with E-state index in [1.807, 2.05) is 45.0 Å². The lowest BCUT2D eigenvalue weighted by Crippen LogP contribution is -2.56. The number of alkyl carbamates (subject to hydrolysis) is 1. The van der Waals surface area contributed by atoms with Gasteiger partial charge in [0, 0.05) is 12.1 Å². The SMILES string of the molecule is CCCC(C)NC(=O)C(c1ccc(CC)cc1)N(C(=O)C(NC(=O)OC(C)(C)C)C(C)CC)C1CC1C. The van der Waals surface area contributed by atoms with Crippen LogP contribution in [0.4, 0.5) is 4.79 Å². The third-order valence-electron chi connectivity index (χ3n) is 7.17. The number of ether oxygens (including phenoxy) is 1. The fourth-order valence-corrected chi connectivity index (χ4v) is 4.65. The first-order valence-corrected chi connectivity index (χ1v) is 14.0. The number of benzene rings is 1. The van der Waals surface area contributed by atoms with E-state index >= 15 is 0 Å². The van der Waals surface area contributed by atoms with E-state index in [1.165, 1.54) is 5.56 Å². The molecular weight excluding hydrogens is 466 g/mol. The molecule has 6 atom stereocenters. The van der Waals surface area contributed by atoms with Gasteiger partial charge in [-0.2, -0.15) is 0 Å². The zero-order valence-electron chi connectivity index (χ0n) is 24.4. The minimum absolute atomic E-state index is 0.00579. The van der Waals surface area contributed by atoms with E-state index in [4.69, 9.17) is 4.74 Å². The predicted molar refractivity (Wildman–Crippen MR) is 148 cm³/mol. The average molecular weight is 516 g/mol. The van der Waals surface area contributed by atoms with E-state index < -0.39 is 23.8 Å². The van der Waals surface area contributed by atoms with E-state index in [9.17, 15) is 14.4 Å². The molecule has 37 heavy (non-hydrogen) atoms. The Balaban J connectivity index is 2.51. The molecule has 1 fully saturated rings. The molecule has 1 saturated carbocycles. The molecule has 0 saturated heterocycles. The molecule has 0 aromatic heterocycles. The largest absolute Gasteiger partial charge is 0.444 e. The zero-order valence-corrected chi connectivity index (χ0v) is 24.4. The first-order valence-electron chi connectivity index (χ1n) is 14.0. The second kappa shape index (κ2) is 13.3. The summed E-state index contributed by atoms with van der Waals surface area (Å²) in [6.45, 7) is 17.6. The quantitative estimate of drug-likeness (QED) is 0.370. The van der Waals surface area contributed by atoms with Crippen LogP contribution in [0.2, 0.25) is 0 Å². The lowest BCUT2D eigenvalue weighted by atomic mass is 9.95. The smallest absolute Gasteiger partial charge is 0.408 e. The van der Waals surface area contributed by atoms with Crippen LogP contribution in [0.15, 0.2) is 24.3 Å². The third-order valence-corrected chi connectivity index (χ3v) is 7.17. The summed E-state index contributed by atoms with van der Waals surface area (Å²) in [5.74, 6) is -0.279. The molecule has 6 unspecified atom stereocenters. The number of hydrogen-bond donors (Lipinski definition) is 2. The van der Waals surface area contributed by atoms with Gasteiger partial charge in [-0.15, -0.1) is 0 Å². The minimum atomic E-state index is -0.800. The van der Waals surface area contributed by atoms with Gasteiger partial charge in [0.05, 0.1) is 0 Å². The summed E-state index contributed by atoms with van der Waals surface area (Å²) in [6, 6.07) is 6.31. The Hall–Kier alpha value is -2.57. The summed E-state index contributed by atoms with van der Waals surface area (Å²) in [5.41, 5.74) is 1.27. The van der Waals surface area contributed by atoms with Gasteiger partial charge in [-0.05, 0) is 69.9 Å². The summed E-state index contributed by atoms with van der Waals surface area (Å²) >= 11 is 0. The van der Waals surface area contributed by atoms with Gasteiger partial charge in [0.25, 0.3) is 0 Å². The first kappa shape index (κ1) is 30.7. The van der Waals surface area contributed by atoms with Gasteiger partial charge in [0.2, 0.25) is 11.8 Å². The van der Waals surface area contributed by atoms with Crippen LogP contribution in [-0.4, -0.2) is 46.5 Å². The number of rotatable bonds is 12. The Labute approximate surface area is 224 Å². The summed E-state index contributed by atoms with van der Waals surface area (Å²) in [4.78, 5) is 42.6. The molecule has 0 aliphatic heterocycles. The molecule has 0 bridgehead atoms. The number of nitrogens with one attached hydrogen (secondary N) is 2. The molecule has 1 aromatic rings. The van der Waals surface area contributed by atoms with Crippen molar-refractivity contribution < 1.29 is 19.1 Å². The van der Waals surface area contributed by atoms with Gasteiger partial charge in [-0.25, -0.2) is 4.79 Å². The Morgan fingerprint density at radius 3 is 2.11 bits per heavy atom. The maximum absolute atomic E-state index is 14.3. The lowest BCUT2D eigenvalue weighted by Gasteiger charge is -2.37. The van der Waals surface area contributed by atoms with E-state index in [0.717, 1.165) is 31.2 Å². The highest BCUT2D eigenvalue weighted by molar-refractivity contribution is 5.93. The molecule has 3 amide bonds. The van der Waals surface area contributed by atoms with Crippen molar-refractivity contribution in [3.8, 4) is 0 Å². The molecule has 2 rings (SSSR count). The van der Waals surface area contributed by atoms with Crippen LogP contribution in [0.3, 0.4) is 0 Å². The summed E-state index contributed by atoms with van der Waals surface area (Å²) in [5, 5.41) is 5.99. The van der Waals surface area contributed by atoms with Crippen molar-refractivity contribution >= 4 is 17.9 Å². The van der Waals surface area contributed by atoms with Gasteiger partial charge < -0.3 is 20.3 Å². The number of nitrogens with zero attached hydrogens (tertiary/aromatic N) is 1. The summed E-state index contributed by atoms with van der Waals surface area (Å²) in [7, 11) is 0. The molecule has 7 nitrogen and oxygen atoms in total. The Bertz CT molecular complexity index is 908. The minimum Gasteiger partial charge on any atom is -0.444 e. The molecule has 0 spiro atoms. The maximum atomic E-state index is 14.3. The van der Waals surface area contributed by atoms with E-state index in [0.29, 0.717) is 6.42 Å². The second-order valence-electron chi connectivity index (χ2n) is 11.7. The molecule has 1 aliphatic carbocycles. The molecule has 1 aliphatic rings. The van der Waals surface area contributed by atoms with Crippen molar-refractivity contribution in [2.75, 3.05) is 0 Å². The van der Waals surface area contributed by atoms with Crippen LogP contribution in [0.25, 0.3) is 0 Å². The Kier molecular flexibility index (Phi) is 11.0. The predicted octanol–water partition coefficient (Wildman–Crippen LogP) is 5.77. The molecule has 0 heterocycles. The average Bonchev–Trinajstić information content (AvgIpc) is 3.54. The van der Waals surface area contributed by atoms with Crippen molar-refractivity contribution in [2.45, 2.75) is 124 Å². The summed E-state index contributed by atoms with van der Waals surface area (Å²) < 4.78 is 5.49. The van der Waals surface area contributed by atoms with Crippen molar-refractivity contribution in [1.29, 1.82) is 0 Å². The highest BCUT2D eigenvalue weighted by Gasteiger charge is 2.49. The number of carbonyl (C=O) groups excluding carboxylic acids is 3. The van der Waals surface area contributed by atoms with Crippen molar-refractivity contribution in [2.24, 2.45) is 11.8 Å². The van der Waals surface area contributed by atoms with Crippen LogP contribution in [-0.2, 0) is 20.7 Å². The van der Waals surface area contributed by atoms with Gasteiger partial charge in [-0.1, -0.05) is 71.7 Å². The number of hydrogen-bond acceptors (Lipinski definition) is 4. The Morgan fingerprint density at radius 1 is 1.05 bits per heavy atom. The molecular formula is C30H49N3O4. The van der Waals surface area contributed by atoms with Gasteiger partial charge in [0.1, 0.15) is 17.7 Å². The lowest BCUT2D eigenvalue weighted by molar-refractivity contribution is -0.144. The van der Waals surface area contributed by atoms with Gasteiger partial charge in [-0.3, -0.25) is 9.59 Å². The van der Waals surface area contributed by atoms with Crippen LogP contribution in [0.1, 0.15) is 105 Å². The number of carbonyl (C=O) groups is 3. The second-order valence-corrected chi connectivity index (χ2v) is 11.7. The topological polar surface area (TPSA) is 87.7 Å². The van der Waals surface area contributed by atoms with E-state index in [2.05, 4.69) is 31.4 Å². The number of aryl methyl sites for hydroxylation is 1. The third kappa shape index (κ3) is 8.75. The fraction of sp³-hybridized carbons (Fsp3) is 0.700. The van der Waals surface area contributed by atoms with Crippen molar-refractivity contribution in [1.82, 2.24) is 15.5 Å². The van der Waals surface area contributed by atoms with E-state index in [1.54, 1.807) is 25.7 Å². The molecule has 7 heteroatoms. The zero-order chi connectivity index (χ0) is 27.9.